The molecule has 4 N–H and O–H groups in total. The predicted octanol–water partition coefficient (Wildman–Crippen LogP) is -1.08. The number of carbonyl (C=O) groups is 1. The molecule has 0 saturated carbocycles. The Kier molecular flexibility index (Phi) is 6.44. The van der Waals surface area contributed by atoms with Crippen LogP contribution in [0.1, 0.15) is 6.92 Å². The van der Waals surface area contributed by atoms with Gasteiger partial charge in [-0.3, -0.25) is 9.79 Å². The third-order valence-electron chi connectivity index (χ3n) is 2.14. The highest BCUT2D eigenvalue weighted by Gasteiger charge is 2.21. The molecule has 0 fully saturated rings. The van der Waals surface area contributed by atoms with Crippen LogP contribution in [0.4, 0.5) is 0 Å². The van der Waals surface area contributed by atoms with Gasteiger partial charge in [-0.2, -0.15) is 0 Å². The molecule has 0 aliphatic rings. The SMILES string of the molecule is CN=C(NC)NCC(C)C(N)C(=O)OC. The van der Waals surface area contributed by atoms with E-state index in [0.29, 0.717) is 12.5 Å². The van der Waals surface area contributed by atoms with Crippen molar-refractivity contribution in [2.24, 2.45) is 16.6 Å². The number of aliphatic imine (C=N–C) groups is 1. The molecule has 0 saturated heterocycles. The highest BCUT2D eigenvalue weighted by Crippen LogP contribution is 2.00. The minimum absolute atomic E-state index is 0.0254. The molecule has 0 aromatic heterocycles. The second-order valence-corrected chi connectivity index (χ2v) is 3.23. The topological polar surface area (TPSA) is 88.7 Å². The molecule has 15 heavy (non-hydrogen) atoms. The minimum atomic E-state index is -0.613. The third-order valence-corrected chi connectivity index (χ3v) is 2.14. The quantitative estimate of drug-likeness (QED) is 0.316. The fourth-order valence-corrected chi connectivity index (χ4v) is 1.03. The average molecular weight is 216 g/mol. The molecule has 0 bridgehead atoms. The van der Waals surface area contributed by atoms with Crippen LogP contribution < -0.4 is 16.4 Å². The number of nitrogens with one attached hydrogen (secondary N) is 2. The normalized spacial score (nSPS) is 15.4. The fourth-order valence-electron chi connectivity index (χ4n) is 1.03. The molecule has 0 aliphatic heterocycles. The van der Waals surface area contributed by atoms with Gasteiger partial charge in [-0.05, 0) is 5.92 Å². The van der Waals surface area contributed by atoms with Crippen LogP contribution in [0.25, 0.3) is 0 Å². The number of hydrogen-bond acceptors (Lipinski definition) is 4. The Morgan fingerprint density at radius 2 is 2.20 bits per heavy atom. The second-order valence-electron chi connectivity index (χ2n) is 3.23. The van der Waals surface area contributed by atoms with E-state index in [1.807, 2.05) is 6.92 Å². The van der Waals surface area contributed by atoms with Gasteiger partial charge in [0.2, 0.25) is 0 Å². The average Bonchev–Trinajstić information content (AvgIpc) is 2.27. The van der Waals surface area contributed by atoms with Crippen molar-refractivity contribution in [1.29, 1.82) is 0 Å². The zero-order valence-electron chi connectivity index (χ0n) is 9.70. The first-order chi connectivity index (χ1) is 7.06. The van der Waals surface area contributed by atoms with Crippen molar-refractivity contribution < 1.29 is 9.53 Å². The van der Waals surface area contributed by atoms with Gasteiger partial charge in [0, 0.05) is 20.6 Å². The number of esters is 1. The van der Waals surface area contributed by atoms with Gasteiger partial charge in [0.05, 0.1) is 7.11 Å². The maximum Gasteiger partial charge on any atom is 0.322 e. The van der Waals surface area contributed by atoms with Crippen LogP contribution >= 0.6 is 0 Å². The zero-order valence-corrected chi connectivity index (χ0v) is 9.70. The molecule has 2 unspecified atom stereocenters. The van der Waals surface area contributed by atoms with E-state index in [0.717, 1.165) is 0 Å². The molecule has 0 aromatic carbocycles. The Morgan fingerprint density at radius 1 is 1.60 bits per heavy atom. The van der Waals surface area contributed by atoms with Crippen LogP contribution in [-0.2, 0) is 9.53 Å². The van der Waals surface area contributed by atoms with Gasteiger partial charge in [-0.25, -0.2) is 0 Å². The van der Waals surface area contributed by atoms with Crippen LogP contribution in [-0.4, -0.2) is 45.7 Å². The lowest BCUT2D eigenvalue weighted by atomic mass is 10.0. The van der Waals surface area contributed by atoms with Crippen molar-refractivity contribution in [2.45, 2.75) is 13.0 Å². The van der Waals surface area contributed by atoms with E-state index in [2.05, 4.69) is 20.4 Å². The number of guanidine groups is 1. The fraction of sp³-hybridized carbons (Fsp3) is 0.778. The summed E-state index contributed by atoms with van der Waals surface area (Å²) in [5.74, 6) is 0.241. The standard InChI is InChI=1S/C9H20N4O2/c1-6(7(10)8(14)15-4)5-13-9(11-2)12-3/h6-7H,5,10H2,1-4H3,(H2,11,12,13). The molecule has 0 rings (SSSR count). The molecular weight excluding hydrogens is 196 g/mol. The number of nitrogens with zero attached hydrogens (tertiary/aromatic N) is 1. The van der Waals surface area contributed by atoms with Gasteiger partial charge >= 0.3 is 5.97 Å². The summed E-state index contributed by atoms with van der Waals surface area (Å²) in [7, 11) is 4.76. The van der Waals surface area contributed by atoms with Gasteiger partial charge in [-0.15, -0.1) is 0 Å². The minimum Gasteiger partial charge on any atom is -0.468 e. The van der Waals surface area contributed by atoms with E-state index in [1.165, 1.54) is 7.11 Å². The van der Waals surface area contributed by atoms with Crippen molar-refractivity contribution in [3.8, 4) is 0 Å². The van der Waals surface area contributed by atoms with Crippen molar-refractivity contribution in [1.82, 2.24) is 10.6 Å². The Hall–Kier alpha value is -1.30. The predicted molar refractivity (Wildman–Crippen MR) is 59.6 cm³/mol. The molecule has 0 amide bonds. The summed E-state index contributed by atoms with van der Waals surface area (Å²) >= 11 is 0. The van der Waals surface area contributed by atoms with Crippen molar-refractivity contribution in [3.05, 3.63) is 0 Å². The summed E-state index contributed by atoms with van der Waals surface area (Å²) in [6, 6.07) is -0.613. The van der Waals surface area contributed by atoms with Crippen LogP contribution in [0.5, 0.6) is 0 Å². The lowest BCUT2D eigenvalue weighted by Crippen LogP contribution is -2.45. The van der Waals surface area contributed by atoms with Gasteiger partial charge in [0.25, 0.3) is 0 Å². The van der Waals surface area contributed by atoms with Crippen LogP contribution in [0.2, 0.25) is 0 Å². The number of methoxy groups -OCH3 is 1. The summed E-state index contributed by atoms with van der Waals surface area (Å²) in [4.78, 5) is 15.1. The number of hydrogen-bond donors (Lipinski definition) is 3. The molecule has 6 nitrogen and oxygen atoms in total. The lowest BCUT2D eigenvalue weighted by Gasteiger charge is -2.19. The van der Waals surface area contributed by atoms with Gasteiger partial charge in [0.1, 0.15) is 6.04 Å². The molecule has 2 atom stereocenters. The van der Waals surface area contributed by atoms with E-state index >= 15 is 0 Å². The molecule has 6 heteroatoms. The summed E-state index contributed by atoms with van der Waals surface area (Å²) in [5, 5.41) is 5.90. The van der Waals surface area contributed by atoms with Crippen molar-refractivity contribution in [2.75, 3.05) is 27.7 Å². The summed E-state index contributed by atoms with van der Waals surface area (Å²) in [6.07, 6.45) is 0. The Balaban J connectivity index is 4.03. The first-order valence-corrected chi connectivity index (χ1v) is 4.78. The van der Waals surface area contributed by atoms with E-state index in [-0.39, 0.29) is 5.92 Å². The first kappa shape index (κ1) is 13.7. The Bertz CT molecular complexity index is 230. The van der Waals surface area contributed by atoms with Gasteiger partial charge in [0.15, 0.2) is 5.96 Å². The molecule has 0 aromatic rings. The van der Waals surface area contributed by atoms with Crippen molar-refractivity contribution in [3.63, 3.8) is 0 Å². The first-order valence-electron chi connectivity index (χ1n) is 4.78. The van der Waals surface area contributed by atoms with E-state index in [9.17, 15) is 4.79 Å². The van der Waals surface area contributed by atoms with Crippen LogP contribution in [0, 0.1) is 5.92 Å². The van der Waals surface area contributed by atoms with Gasteiger partial charge in [-0.1, -0.05) is 6.92 Å². The molecule has 0 heterocycles. The van der Waals surface area contributed by atoms with Gasteiger partial charge < -0.3 is 21.1 Å². The lowest BCUT2D eigenvalue weighted by molar-refractivity contribution is -0.143. The highest BCUT2D eigenvalue weighted by molar-refractivity contribution is 5.79. The maximum atomic E-state index is 11.1. The van der Waals surface area contributed by atoms with Crippen LogP contribution in [0.15, 0.2) is 4.99 Å². The molecular formula is C9H20N4O2. The number of carbonyl (C=O) groups excluding carboxylic acids is 1. The number of ether oxygens (including phenoxy) is 1. The maximum absolute atomic E-state index is 11.1. The van der Waals surface area contributed by atoms with Crippen molar-refractivity contribution >= 4 is 11.9 Å². The smallest absolute Gasteiger partial charge is 0.322 e. The van der Waals surface area contributed by atoms with E-state index in [4.69, 9.17) is 5.73 Å². The molecule has 0 radical (unpaired) electrons. The zero-order chi connectivity index (χ0) is 11.8. The van der Waals surface area contributed by atoms with E-state index in [1.54, 1.807) is 14.1 Å². The summed E-state index contributed by atoms with van der Waals surface area (Å²) in [5.41, 5.74) is 5.67. The number of nitrogens with two attached hydrogens (primary N) is 1. The van der Waals surface area contributed by atoms with E-state index < -0.39 is 12.0 Å². The second kappa shape index (κ2) is 7.05. The largest absolute Gasteiger partial charge is 0.468 e. The highest BCUT2D eigenvalue weighted by atomic mass is 16.5. The molecule has 0 spiro atoms. The Morgan fingerprint density at radius 3 is 2.60 bits per heavy atom. The Labute approximate surface area is 90.3 Å². The third kappa shape index (κ3) is 4.64. The monoisotopic (exact) mass is 216 g/mol. The molecule has 88 valence electrons. The summed E-state index contributed by atoms with van der Waals surface area (Å²) < 4.78 is 4.56. The van der Waals surface area contributed by atoms with Crippen LogP contribution in [0.3, 0.4) is 0 Å². The summed E-state index contributed by atoms with van der Waals surface area (Å²) in [6.45, 7) is 2.43. The number of rotatable bonds is 4. The molecule has 0 aliphatic carbocycles.